The van der Waals surface area contributed by atoms with Crippen LogP contribution in [0.1, 0.15) is 10.4 Å². The van der Waals surface area contributed by atoms with E-state index in [2.05, 4.69) is 0 Å². The van der Waals surface area contributed by atoms with Crippen molar-refractivity contribution in [3.8, 4) is 0 Å². The van der Waals surface area contributed by atoms with Gasteiger partial charge in [0, 0.05) is 10.0 Å². The molecule has 20 heavy (non-hydrogen) atoms. The summed E-state index contributed by atoms with van der Waals surface area (Å²) in [6.45, 7) is 0. The molecular weight excluding hydrogens is 321 g/mol. The highest BCUT2D eigenvalue weighted by molar-refractivity contribution is 7.94. The standard InChI is InChI=1S/C13H7Cl2NO3S/c14-8-5-9(15)7-10(6-8)16-13(17)11-3-1-2-4-12(11)20(16,18)19/h1-7H. The number of amides is 1. The van der Waals surface area contributed by atoms with E-state index in [9.17, 15) is 13.2 Å². The number of nitrogens with zero attached hydrogens (tertiary/aromatic N) is 1. The number of sulfonamides is 1. The average Bonchev–Trinajstić information content (AvgIpc) is 2.56. The molecule has 0 atom stereocenters. The van der Waals surface area contributed by atoms with Gasteiger partial charge in [-0.05, 0) is 30.3 Å². The summed E-state index contributed by atoms with van der Waals surface area (Å²) in [5.41, 5.74) is 0.271. The summed E-state index contributed by atoms with van der Waals surface area (Å²) in [7, 11) is -3.92. The van der Waals surface area contributed by atoms with E-state index in [1.54, 1.807) is 12.1 Å². The Morgan fingerprint density at radius 2 is 1.55 bits per heavy atom. The molecule has 102 valence electrons. The molecule has 0 saturated carbocycles. The number of carbonyl (C=O) groups excluding carboxylic acids is 1. The van der Waals surface area contributed by atoms with E-state index in [4.69, 9.17) is 23.2 Å². The molecule has 0 bridgehead atoms. The molecule has 0 unspecified atom stereocenters. The number of fused-ring (bicyclic) bond motifs is 1. The van der Waals surface area contributed by atoms with Gasteiger partial charge in [-0.2, -0.15) is 4.31 Å². The molecule has 0 fully saturated rings. The number of hydrogen-bond acceptors (Lipinski definition) is 3. The van der Waals surface area contributed by atoms with Gasteiger partial charge in [0.15, 0.2) is 0 Å². The Hall–Kier alpha value is -1.56. The highest BCUT2D eigenvalue weighted by Crippen LogP contribution is 2.36. The Kier molecular flexibility index (Phi) is 3.01. The Morgan fingerprint density at radius 1 is 0.950 bits per heavy atom. The molecule has 2 aromatic carbocycles. The minimum atomic E-state index is -3.92. The first-order chi connectivity index (χ1) is 9.41. The molecule has 0 aromatic heterocycles. The predicted octanol–water partition coefficient (Wildman–Crippen LogP) is 3.34. The molecule has 0 spiro atoms. The van der Waals surface area contributed by atoms with Gasteiger partial charge in [-0.25, -0.2) is 8.42 Å². The fourth-order valence-corrected chi connectivity index (χ4v) is 4.19. The van der Waals surface area contributed by atoms with Gasteiger partial charge in [-0.3, -0.25) is 4.79 Å². The maximum atomic E-state index is 12.4. The Morgan fingerprint density at radius 3 is 2.15 bits per heavy atom. The summed E-state index contributed by atoms with van der Waals surface area (Å²) >= 11 is 11.7. The lowest BCUT2D eigenvalue weighted by Crippen LogP contribution is -2.29. The second kappa shape index (κ2) is 4.48. The van der Waals surface area contributed by atoms with Crippen LogP contribution >= 0.6 is 23.2 Å². The van der Waals surface area contributed by atoms with Crippen LogP contribution in [0.15, 0.2) is 47.4 Å². The zero-order valence-electron chi connectivity index (χ0n) is 9.88. The normalized spacial score (nSPS) is 16.3. The second-order valence-electron chi connectivity index (χ2n) is 4.20. The number of anilines is 1. The fourth-order valence-electron chi connectivity index (χ4n) is 2.10. The molecule has 1 heterocycles. The summed E-state index contributed by atoms with van der Waals surface area (Å²) in [6.07, 6.45) is 0. The van der Waals surface area contributed by atoms with E-state index in [0.717, 1.165) is 4.31 Å². The van der Waals surface area contributed by atoms with E-state index >= 15 is 0 Å². The lowest BCUT2D eigenvalue weighted by Gasteiger charge is -2.15. The number of halogens is 2. The lowest BCUT2D eigenvalue weighted by atomic mass is 10.2. The molecule has 0 radical (unpaired) electrons. The number of hydrogen-bond donors (Lipinski definition) is 0. The third-order valence-corrected chi connectivity index (χ3v) is 5.11. The van der Waals surface area contributed by atoms with Gasteiger partial charge in [0.05, 0.1) is 11.3 Å². The molecule has 1 aliphatic rings. The van der Waals surface area contributed by atoms with Crippen LogP contribution in [0.2, 0.25) is 10.0 Å². The van der Waals surface area contributed by atoms with Crippen molar-refractivity contribution in [1.29, 1.82) is 0 Å². The molecule has 1 aliphatic heterocycles. The quantitative estimate of drug-likeness (QED) is 0.807. The molecular formula is C13H7Cl2NO3S. The Labute approximate surface area is 125 Å². The van der Waals surface area contributed by atoms with Crippen LogP contribution in [-0.4, -0.2) is 14.3 Å². The van der Waals surface area contributed by atoms with Crippen LogP contribution < -0.4 is 4.31 Å². The van der Waals surface area contributed by atoms with Crippen molar-refractivity contribution in [3.63, 3.8) is 0 Å². The zero-order valence-corrected chi connectivity index (χ0v) is 12.2. The fraction of sp³-hybridized carbons (Fsp3) is 0. The Balaban J connectivity index is 2.25. The van der Waals surface area contributed by atoms with E-state index in [0.29, 0.717) is 0 Å². The van der Waals surface area contributed by atoms with Gasteiger partial charge >= 0.3 is 0 Å². The summed E-state index contributed by atoms with van der Waals surface area (Å²) < 4.78 is 25.6. The number of benzene rings is 2. The molecule has 4 nitrogen and oxygen atoms in total. The van der Waals surface area contributed by atoms with E-state index in [1.165, 1.54) is 30.3 Å². The first kappa shape index (κ1) is 13.4. The second-order valence-corrected chi connectivity index (χ2v) is 6.83. The van der Waals surface area contributed by atoms with E-state index in [1.807, 2.05) is 0 Å². The summed E-state index contributed by atoms with van der Waals surface area (Å²) in [5.74, 6) is -0.612. The molecule has 2 aromatic rings. The summed E-state index contributed by atoms with van der Waals surface area (Å²) in [5, 5.41) is 0.512. The van der Waals surface area contributed by atoms with Crippen molar-refractivity contribution in [1.82, 2.24) is 0 Å². The van der Waals surface area contributed by atoms with Crippen LogP contribution in [0.5, 0.6) is 0 Å². The highest BCUT2D eigenvalue weighted by atomic mass is 35.5. The third kappa shape index (κ3) is 1.90. The SMILES string of the molecule is O=C1c2ccccc2S(=O)(=O)N1c1cc(Cl)cc(Cl)c1. The largest absolute Gasteiger partial charge is 0.273 e. The van der Waals surface area contributed by atoms with Crippen LogP contribution in [0.25, 0.3) is 0 Å². The molecule has 3 rings (SSSR count). The minimum absolute atomic E-state index is 0.0129. The summed E-state index contributed by atoms with van der Waals surface area (Å²) in [6, 6.07) is 10.3. The van der Waals surface area contributed by atoms with E-state index in [-0.39, 0.29) is 26.2 Å². The zero-order chi connectivity index (χ0) is 14.5. The van der Waals surface area contributed by atoms with Gasteiger partial charge in [0.1, 0.15) is 4.90 Å². The topological polar surface area (TPSA) is 54.5 Å². The lowest BCUT2D eigenvalue weighted by molar-refractivity contribution is 0.101. The molecule has 1 amide bonds. The van der Waals surface area contributed by atoms with Crippen LogP contribution in [0, 0.1) is 0 Å². The average molecular weight is 328 g/mol. The predicted molar refractivity (Wildman–Crippen MR) is 76.9 cm³/mol. The van der Waals surface area contributed by atoms with Crippen molar-refractivity contribution < 1.29 is 13.2 Å². The third-order valence-electron chi connectivity index (χ3n) is 2.90. The van der Waals surface area contributed by atoms with Crippen LogP contribution in [-0.2, 0) is 10.0 Å². The maximum absolute atomic E-state index is 12.4. The monoisotopic (exact) mass is 327 g/mol. The van der Waals surface area contributed by atoms with Crippen molar-refractivity contribution in [2.24, 2.45) is 0 Å². The van der Waals surface area contributed by atoms with Crippen molar-refractivity contribution in [2.45, 2.75) is 4.90 Å². The van der Waals surface area contributed by atoms with Gasteiger partial charge in [-0.1, -0.05) is 35.3 Å². The van der Waals surface area contributed by atoms with Crippen LogP contribution in [0.3, 0.4) is 0 Å². The van der Waals surface area contributed by atoms with Crippen LogP contribution in [0.4, 0.5) is 5.69 Å². The van der Waals surface area contributed by atoms with Crippen molar-refractivity contribution >= 4 is 44.8 Å². The number of carbonyl (C=O) groups is 1. The molecule has 0 aliphatic carbocycles. The molecule has 0 saturated heterocycles. The first-order valence-corrected chi connectivity index (χ1v) is 7.75. The highest BCUT2D eigenvalue weighted by Gasteiger charge is 2.42. The smallest absolute Gasteiger partial charge is 0.268 e. The Bertz CT molecular complexity index is 813. The number of rotatable bonds is 1. The summed E-state index contributed by atoms with van der Waals surface area (Å²) in [4.78, 5) is 12.3. The minimum Gasteiger partial charge on any atom is -0.268 e. The van der Waals surface area contributed by atoms with Gasteiger partial charge in [-0.15, -0.1) is 0 Å². The van der Waals surface area contributed by atoms with Gasteiger partial charge in [0.25, 0.3) is 15.9 Å². The van der Waals surface area contributed by atoms with Gasteiger partial charge in [0.2, 0.25) is 0 Å². The van der Waals surface area contributed by atoms with E-state index < -0.39 is 15.9 Å². The van der Waals surface area contributed by atoms with Gasteiger partial charge < -0.3 is 0 Å². The molecule has 7 heteroatoms. The molecule has 0 N–H and O–H groups in total. The van der Waals surface area contributed by atoms with Crippen molar-refractivity contribution in [3.05, 3.63) is 58.1 Å². The maximum Gasteiger partial charge on any atom is 0.273 e. The van der Waals surface area contributed by atoms with Crippen molar-refractivity contribution in [2.75, 3.05) is 4.31 Å². The first-order valence-electron chi connectivity index (χ1n) is 5.56.